The molecule has 0 spiro atoms. The molecule has 0 aliphatic rings. The Morgan fingerprint density at radius 3 is 2.17 bits per heavy atom. The molecule has 0 fully saturated rings. The Morgan fingerprint density at radius 1 is 0.867 bits per heavy atom. The first kappa shape index (κ1) is 19.4. The maximum atomic E-state index is 12.1. The summed E-state index contributed by atoms with van der Waals surface area (Å²) in [5.74, 6) is 1.43. The van der Waals surface area contributed by atoms with Crippen molar-refractivity contribution < 1.29 is 9.53 Å². The van der Waals surface area contributed by atoms with Crippen molar-refractivity contribution in [3.05, 3.63) is 78.4 Å². The summed E-state index contributed by atoms with van der Waals surface area (Å²) >= 11 is 0. The third kappa shape index (κ3) is 3.80. The van der Waals surface area contributed by atoms with Crippen molar-refractivity contribution in [3.8, 4) is 17.0 Å². The standard InChI is InChI=1S/C24H22N4O2/c1-28(2)24(29)17-8-12-18(13-9-17)25-23-21-7-5-4-6-20(21)22(26-27-23)16-10-14-19(30-3)15-11-16/h4-15H,1-3H3,(H,25,27). The summed E-state index contributed by atoms with van der Waals surface area (Å²) in [5.41, 5.74) is 3.25. The van der Waals surface area contributed by atoms with Crippen molar-refractivity contribution in [1.82, 2.24) is 15.1 Å². The predicted octanol–water partition coefficient (Wildman–Crippen LogP) is 4.75. The first-order chi connectivity index (χ1) is 14.6. The van der Waals surface area contributed by atoms with Crippen molar-refractivity contribution >= 4 is 28.2 Å². The monoisotopic (exact) mass is 398 g/mol. The summed E-state index contributed by atoms with van der Waals surface area (Å²) in [5, 5.41) is 14.2. The number of methoxy groups -OCH3 is 1. The summed E-state index contributed by atoms with van der Waals surface area (Å²) < 4.78 is 5.24. The molecule has 0 aliphatic carbocycles. The predicted molar refractivity (Wildman–Crippen MR) is 119 cm³/mol. The van der Waals surface area contributed by atoms with E-state index in [0.29, 0.717) is 11.4 Å². The molecule has 6 heteroatoms. The third-order valence-corrected chi connectivity index (χ3v) is 4.85. The van der Waals surface area contributed by atoms with E-state index < -0.39 is 0 Å². The third-order valence-electron chi connectivity index (χ3n) is 4.85. The number of fused-ring (bicyclic) bond motifs is 1. The highest BCUT2D eigenvalue weighted by molar-refractivity contribution is 6.01. The Kier molecular flexibility index (Phi) is 5.30. The number of rotatable bonds is 5. The van der Waals surface area contributed by atoms with Crippen LogP contribution < -0.4 is 10.1 Å². The Bertz CT molecular complexity index is 1190. The number of ether oxygens (including phenoxy) is 1. The van der Waals surface area contributed by atoms with Crippen molar-refractivity contribution in [2.45, 2.75) is 0 Å². The molecule has 4 rings (SSSR count). The van der Waals surface area contributed by atoms with Crippen molar-refractivity contribution in [2.24, 2.45) is 0 Å². The van der Waals surface area contributed by atoms with Crippen LogP contribution in [-0.2, 0) is 0 Å². The van der Waals surface area contributed by atoms with Gasteiger partial charge in [-0.1, -0.05) is 24.3 Å². The zero-order valence-corrected chi connectivity index (χ0v) is 17.1. The van der Waals surface area contributed by atoms with Gasteiger partial charge in [-0.05, 0) is 48.5 Å². The van der Waals surface area contributed by atoms with Gasteiger partial charge in [0, 0.05) is 41.7 Å². The Hall–Kier alpha value is -3.93. The maximum Gasteiger partial charge on any atom is 0.253 e. The van der Waals surface area contributed by atoms with Crippen LogP contribution >= 0.6 is 0 Å². The van der Waals surface area contributed by atoms with Crippen molar-refractivity contribution in [3.63, 3.8) is 0 Å². The fourth-order valence-electron chi connectivity index (χ4n) is 3.25. The molecule has 0 saturated carbocycles. The fraction of sp³-hybridized carbons (Fsp3) is 0.125. The summed E-state index contributed by atoms with van der Waals surface area (Å²) in [6.07, 6.45) is 0. The van der Waals surface area contributed by atoms with E-state index in [1.54, 1.807) is 38.2 Å². The van der Waals surface area contributed by atoms with Crippen LogP contribution in [0.4, 0.5) is 11.5 Å². The summed E-state index contributed by atoms with van der Waals surface area (Å²) in [6, 6.07) is 23.1. The molecule has 4 aromatic rings. The molecule has 1 amide bonds. The lowest BCUT2D eigenvalue weighted by atomic mass is 10.0. The van der Waals surface area contributed by atoms with Gasteiger partial charge in [0.2, 0.25) is 0 Å². The molecule has 0 atom stereocenters. The van der Waals surface area contributed by atoms with Crippen LogP contribution in [0.3, 0.4) is 0 Å². The molecular formula is C24H22N4O2. The topological polar surface area (TPSA) is 67.4 Å². The van der Waals surface area contributed by atoms with Gasteiger partial charge in [0.05, 0.1) is 7.11 Å². The molecule has 150 valence electrons. The van der Waals surface area contributed by atoms with Crippen LogP contribution in [0.25, 0.3) is 22.0 Å². The number of nitrogens with zero attached hydrogens (tertiary/aromatic N) is 3. The minimum absolute atomic E-state index is 0.0318. The van der Waals surface area contributed by atoms with E-state index in [1.165, 1.54) is 0 Å². The molecule has 0 aliphatic heterocycles. The Labute approximate surface area is 175 Å². The number of amides is 1. The van der Waals surface area contributed by atoms with Crippen molar-refractivity contribution in [2.75, 3.05) is 26.5 Å². The molecule has 0 radical (unpaired) electrons. The number of aromatic nitrogens is 2. The summed E-state index contributed by atoms with van der Waals surface area (Å²) in [7, 11) is 5.12. The minimum atomic E-state index is -0.0318. The number of carbonyl (C=O) groups excluding carboxylic acids is 1. The normalized spacial score (nSPS) is 10.6. The number of benzene rings is 3. The van der Waals surface area contributed by atoms with Crippen LogP contribution in [0.15, 0.2) is 72.8 Å². The second kappa shape index (κ2) is 8.21. The van der Waals surface area contributed by atoms with Gasteiger partial charge in [-0.25, -0.2) is 0 Å². The van der Waals surface area contributed by atoms with Crippen LogP contribution in [0, 0.1) is 0 Å². The van der Waals surface area contributed by atoms with E-state index in [-0.39, 0.29) is 5.91 Å². The van der Waals surface area contributed by atoms with Gasteiger partial charge >= 0.3 is 0 Å². The molecule has 0 bridgehead atoms. The largest absolute Gasteiger partial charge is 0.497 e. The smallest absolute Gasteiger partial charge is 0.253 e. The zero-order valence-electron chi connectivity index (χ0n) is 17.1. The number of hydrogen-bond acceptors (Lipinski definition) is 5. The number of carbonyl (C=O) groups is 1. The lowest BCUT2D eigenvalue weighted by Crippen LogP contribution is -2.21. The van der Waals surface area contributed by atoms with Gasteiger partial charge in [-0.15, -0.1) is 10.2 Å². The van der Waals surface area contributed by atoms with Gasteiger partial charge in [-0.3, -0.25) is 4.79 Å². The van der Waals surface area contributed by atoms with Gasteiger partial charge in [0.1, 0.15) is 11.4 Å². The van der Waals surface area contributed by atoms with Crippen LogP contribution in [0.2, 0.25) is 0 Å². The van der Waals surface area contributed by atoms with Gasteiger partial charge in [0.25, 0.3) is 5.91 Å². The molecule has 0 unspecified atom stereocenters. The molecule has 6 nitrogen and oxygen atoms in total. The fourth-order valence-corrected chi connectivity index (χ4v) is 3.25. The second-order valence-electron chi connectivity index (χ2n) is 7.07. The van der Waals surface area contributed by atoms with Crippen LogP contribution in [0.1, 0.15) is 10.4 Å². The first-order valence-corrected chi connectivity index (χ1v) is 9.55. The van der Waals surface area contributed by atoms with Crippen molar-refractivity contribution in [1.29, 1.82) is 0 Å². The van der Waals surface area contributed by atoms with E-state index >= 15 is 0 Å². The average Bonchev–Trinajstić information content (AvgIpc) is 2.79. The molecule has 3 aromatic carbocycles. The highest BCUT2D eigenvalue weighted by atomic mass is 16.5. The highest BCUT2D eigenvalue weighted by Crippen LogP contribution is 2.31. The molecular weight excluding hydrogens is 376 g/mol. The molecule has 1 heterocycles. The number of nitrogens with one attached hydrogen (secondary N) is 1. The van der Waals surface area contributed by atoms with Crippen LogP contribution in [0.5, 0.6) is 5.75 Å². The summed E-state index contributed by atoms with van der Waals surface area (Å²) in [6.45, 7) is 0. The van der Waals surface area contributed by atoms with E-state index in [0.717, 1.165) is 33.5 Å². The number of anilines is 2. The Morgan fingerprint density at radius 2 is 1.53 bits per heavy atom. The highest BCUT2D eigenvalue weighted by Gasteiger charge is 2.12. The molecule has 30 heavy (non-hydrogen) atoms. The SMILES string of the molecule is COc1ccc(-c2nnc(Nc3ccc(C(=O)N(C)C)cc3)c3ccccc23)cc1. The molecule has 1 aromatic heterocycles. The first-order valence-electron chi connectivity index (χ1n) is 9.55. The van der Waals surface area contributed by atoms with E-state index in [4.69, 9.17) is 4.74 Å². The Balaban J connectivity index is 1.68. The van der Waals surface area contributed by atoms with Gasteiger partial charge in [0.15, 0.2) is 5.82 Å². The maximum absolute atomic E-state index is 12.1. The molecule has 0 saturated heterocycles. The number of hydrogen-bond donors (Lipinski definition) is 1. The van der Waals surface area contributed by atoms with Gasteiger partial charge in [-0.2, -0.15) is 0 Å². The minimum Gasteiger partial charge on any atom is -0.497 e. The van der Waals surface area contributed by atoms with E-state index in [9.17, 15) is 4.79 Å². The van der Waals surface area contributed by atoms with E-state index in [2.05, 4.69) is 15.5 Å². The zero-order chi connectivity index (χ0) is 21.1. The average molecular weight is 398 g/mol. The van der Waals surface area contributed by atoms with Gasteiger partial charge < -0.3 is 15.0 Å². The lowest BCUT2D eigenvalue weighted by Gasteiger charge is -2.13. The summed E-state index contributed by atoms with van der Waals surface area (Å²) in [4.78, 5) is 13.6. The lowest BCUT2D eigenvalue weighted by molar-refractivity contribution is 0.0827. The van der Waals surface area contributed by atoms with Crippen LogP contribution in [-0.4, -0.2) is 42.2 Å². The van der Waals surface area contributed by atoms with E-state index in [1.807, 2.05) is 60.7 Å². The quantitative estimate of drug-likeness (QED) is 0.525. The second-order valence-corrected chi connectivity index (χ2v) is 7.07. The molecule has 1 N–H and O–H groups in total.